The molecule has 3 rings (SSSR count). The van der Waals surface area contributed by atoms with Crippen LogP contribution in [0.5, 0.6) is 0 Å². The number of carboxylic acid groups (broad SMARTS) is 1. The van der Waals surface area contributed by atoms with Gasteiger partial charge in [0, 0.05) is 0 Å². The van der Waals surface area contributed by atoms with Crippen LogP contribution in [0.3, 0.4) is 0 Å². The number of carbonyl (C=O) groups is 2. The zero-order chi connectivity index (χ0) is 15.7. The van der Waals surface area contributed by atoms with Gasteiger partial charge in [-0.25, -0.2) is 4.79 Å². The lowest BCUT2D eigenvalue weighted by molar-refractivity contribution is 0.0692. The fourth-order valence-electron chi connectivity index (χ4n) is 2.68. The molecule has 0 spiro atoms. The SMILES string of the molecule is NC(=O)c1c(C(=O)O)cccc1-c1cccc2ccccc12. The number of primary amides is 1. The van der Waals surface area contributed by atoms with Crippen LogP contribution in [0.2, 0.25) is 0 Å². The summed E-state index contributed by atoms with van der Waals surface area (Å²) < 4.78 is 0. The number of fused-ring (bicyclic) bond motifs is 1. The summed E-state index contributed by atoms with van der Waals surface area (Å²) in [6.07, 6.45) is 0. The van der Waals surface area contributed by atoms with Crippen molar-refractivity contribution >= 4 is 22.6 Å². The van der Waals surface area contributed by atoms with Crippen LogP contribution in [-0.4, -0.2) is 17.0 Å². The highest BCUT2D eigenvalue weighted by atomic mass is 16.4. The van der Waals surface area contributed by atoms with Gasteiger partial charge >= 0.3 is 5.97 Å². The summed E-state index contributed by atoms with van der Waals surface area (Å²) in [6, 6.07) is 18.1. The molecule has 0 radical (unpaired) electrons. The first-order chi connectivity index (χ1) is 10.6. The van der Waals surface area contributed by atoms with Crippen LogP contribution >= 0.6 is 0 Å². The second-order valence-corrected chi connectivity index (χ2v) is 4.92. The number of carboxylic acids is 1. The number of rotatable bonds is 3. The molecule has 22 heavy (non-hydrogen) atoms. The molecule has 0 saturated heterocycles. The van der Waals surface area contributed by atoms with Gasteiger partial charge in [0.1, 0.15) is 0 Å². The van der Waals surface area contributed by atoms with Crippen molar-refractivity contribution in [3.63, 3.8) is 0 Å². The van der Waals surface area contributed by atoms with E-state index in [0.717, 1.165) is 16.3 Å². The van der Waals surface area contributed by atoms with Gasteiger partial charge in [0.15, 0.2) is 0 Å². The van der Waals surface area contributed by atoms with Crippen LogP contribution in [0.25, 0.3) is 21.9 Å². The normalized spacial score (nSPS) is 10.5. The molecule has 0 heterocycles. The summed E-state index contributed by atoms with van der Waals surface area (Å²) in [5.74, 6) is -1.92. The topological polar surface area (TPSA) is 80.4 Å². The van der Waals surface area contributed by atoms with Crippen LogP contribution < -0.4 is 5.73 Å². The molecule has 0 atom stereocenters. The third-order valence-electron chi connectivity index (χ3n) is 3.62. The Morgan fingerprint density at radius 2 is 1.45 bits per heavy atom. The molecule has 4 nitrogen and oxygen atoms in total. The highest BCUT2D eigenvalue weighted by Gasteiger charge is 2.20. The molecule has 0 aliphatic rings. The van der Waals surface area contributed by atoms with Crippen molar-refractivity contribution in [3.8, 4) is 11.1 Å². The van der Waals surface area contributed by atoms with E-state index in [-0.39, 0.29) is 11.1 Å². The Hall–Kier alpha value is -3.14. The Labute approximate surface area is 126 Å². The molecule has 3 N–H and O–H groups in total. The van der Waals surface area contributed by atoms with Crippen molar-refractivity contribution in [2.75, 3.05) is 0 Å². The summed E-state index contributed by atoms with van der Waals surface area (Å²) >= 11 is 0. The minimum absolute atomic E-state index is 0.0337. The lowest BCUT2D eigenvalue weighted by Crippen LogP contribution is -2.17. The van der Waals surface area contributed by atoms with Crippen molar-refractivity contribution < 1.29 is 14.7 Å². The van der Waals surface area contributed by atoms with Crippen molar-refractivity contribution in [2.24, 2.45) is 5.73 Å². The van der Waals surface area contributed by atoms with Gasteiger partial charge in [0.2, 0.25) is 5.91 Å². The second kappa shape index (κ2) is 5.33. The number of benzene rings is 3. The van der Waals surface area contributed by atoms with Gasteiger partial charge in [-0.2, -0.15) is 0 Å². The van der Waals surface area contributed by atoms with E-state index in [1.54, 1.807) is 12.1 Å². The number of hydrogen-bond acceptors (Lipinski definition) is 2. The first-order valence-corrected chi connectivity index (χ1v) is 6.74. The lowest BCUT2D eigenvalue weighted by atomic mass is 9.91. The number of aromatic carboxylic acids is 1. The molecule has 3 aromatic rings. The predicted octanol–water partition coefficient (Wildman–Crippen LogP) is 3.30. The van der Waals surface area contributed by atoms with Crippen molar-refractivity contribution in [1.82, 2.24) is 0 Å². The van der Waals surface area contributed by atoms with Gasteiger partial charge in [-0.05, 0) is 28.0 Å². The van der Waals surface area contributed by atoms with Crippen molar-refractivity contribution in [1.29, 1.82) is 0 Å². The van der Waals surface area contributed by atoms with E-state index in [4.69, 9.17) is 5.73 Å². The monoisotopic (exact) mass is 291 g/mol. The highest BCUT2D eigenvalue weighted by molar-refractivity contribution is 6.11. The molecule has 1 amide bonds. The summed E-state index contributed by atoms with van der Waals surface area (Å²) in [5.41, 5.74) is 6.70. The second-order valence-electron chi connectivity index (χ2n) is 4.92. The Bertz CT molecular complexity index is 894. The third kappa shape index (κ3) is 2.20. The first kappa shape index (κ1) is 13.8. The molecule has 108 valence electrons. The van der Waals surface area contributed by atoms with E-state index in [9.17, 15) is 14.7 Å². The fourth-order valence-corrected chi connectivity index (χ4v) is 2.68. The average molecular weight is 291 g/mol. The predicted molar refractivity (Wildman–Crippen MR) is 84.9 cm³/mol. The van der Waals surface area contributed by atoms with E-state index in [1.807, 2.05) is 42.5 Å². The minimum Gasteiger partial charge on any atom is -0.478 e. The number of nitrogens with two attached hydrogens (primary N) is 1. The molecular weight excluding hydrogens is 278 g/mol. The molecular formula is C18H13NO3. The molecule has 3 aromatic carbocycles. The summed E-state index contributed by atoms with van der Waals surface area (Å²) in [7, 11) is 0. The zero-order valence-electron chi connectivity index (χ0n) is 11.6. The highest BCUT2D eigenvalue weighted by Crippen LogP contribution is 2.32. The van der Waals surface area contributed by atoms with E-state index < -0.39 is 11.9 Å². The maximum Gasteiger partial charge on any atom is 0.336 e. The Morgan fingerprint density at radius 3 is 2.18 bits per heavy atom. The number of hydrogen-bond donors (Lipinski definition) is 2. The summed E-state index contributed by atoms with van der Waals surface area (Å²) in [6.45, 7) is 0. The summed E-state index contributed by atoms with van der Waals surface area (Å²) in [4.78, 5) is 23.2. The van der Waals surface area contributed by atoms with Crippen LogP contribution in [0.15, 0.2) is 60.7 Å². The standard InChI is InChI=1S/C18H13NO3/c19-17(20)16-14(9-4-10-15(16)18(21)22)13-8-3-6-11-5-1-2-7-12(11)13/h1-10H,(H2,19,20)(H,21,22). The smallest absolute Gasteiger partial charge is 0.336 e. The van der Waals surface area contributed by atoms with Gasteiger partial charge in [-0.15, -0.1) is 0 Å². The molecule has 0 aliphatic heterocycles. The molecule has 0 bridgehead atoms. The molecule has 0 aliphatic carbocycles. The van der Waals surface area contributed by atoms with E-state index in [0.29, 0.717) is 5.56 Å². The van der Waals surface area contributed by atoms with Crippen LogP contribution in [-0.2, 0) is 0 Å². The van der Waals surface area contributed by atoms with Gasteiger partial charge in [-0.3, -0.25) is 4.79 Å². The van der Waals surface area contributed by atoms with Crippen molar-refractivity contribution in [3.05, 3.63) is 71.8 Å². The molecule has 0 aromatic heterocycles. The Balaban J connectivity index is 2.39. The molecule has 0 unspecified atom stereocenters. The van der Waals surface area contributed by atoms with Gasteiger partial charge in [-0.1, -0.05) is 54.6 Å². The van der Waals surface area contributed by atoms with Gasteiger partial charge in [0.05, 0.1) is 11.1 Å². The maximum atomic E-state index is 11.8. The molecule has 0 saturated carbocycles. The Morgan fingerprint density at radius 1 is 0.818 bits per heavy atom. The maximum absolute atomic E-state index is 11.8. The fraction of sp³-hybridized carbons (Fsp3) is 0. The van der Waals surface area contributed by atoms with E-state index >= 15 is 0 Å². The Kier molecular flexibility index (Phi) is 3.35. The zero-order valence-corrected chi connectivity index (χ0v) is 11.6. The van der Waals surface area contributed by atoms with Crippen LogP contribution in [0, 0.1) is 0 Å². The first-order valence-electron chi connectivity index (χ1n) is 6.74. The molecule has 4 heteroatoms. The van der Waals surface area contributed by atoms with E-state index in [2.05, 4.69) is 0 Å². The number of amides is 1. The third-order valence-corrected chi connectivity index (χ3v) is 3.62. The minimum atomic E-state index is -1.17. The average Bonchev–Trinajstić information content (AvgIpc) is 2.53. The molecule has 0 fully saturated rings. The quantitative estimate of drug-likeness (QED) is 0.777. The summed E-state index contributed by atoms with van der Waals surface area (Å²) in [5, 5.41) is 11.2. The number of carbonyl (C=O) groups excluding carboxylic acids is 1. The largest absolute Gasteiger partial charge is 0.478 e. The van der Waals surface area contributed by atoms with Gasteiger partial charge < -0.3 is 10.8 Å². The van der Waals surface area contributed by atoms with Crippen LogP contribution in [0.1, 0.15) is 20.7 Å². The van der Waals surface area contributed by atoms with Gasteiger partial charge in [0.25, 0.3) is 0 Å². The van der Waals surface area contributed by atoms with E-state index in [1.165, 1.54) is 6.07 Å². The lowest BCUT2D eigenvalue weighted by Gasteiger charge is -2.12. The van der Waals surface area contributed by atoms with Crippen LogP contribution in [0.4, 0.5) is 0 Å². The van der Waals surface area contributed by atoms with Crippen molar-refractivity contribution in [2.45, 2.75) is 0 Å².